The molecule has 6 nitrogen and oxygen atoms in total. The number of carbonyl (C=O) groups is 2. The van der Waals surface area contributed by atoms with Gasteiger partial charge in [-0.15, -0.1) is 0 Å². The third-order valence-electron chi connectivity index (χ3n) is 4.03. The Morgan fingerprint density at radius 2 is 1.93 bits per heavy atom. The van der Waals surface area contributed by atoms with E-state index < -0.39 is 11.8 Å². The number of rotatable bonds is 8. The molecule has 7 heteroatoms. The molecule has 0 spiro atoms. The number of fused-ring (bicyclic) bond motifs is 1. The summed E-state index contributed by atoms with van der Waals surface area (Å²) in [5.41, 5.74) is 2.92. The Labute approximate surface area is 167 Å². The number of amides is 1. The van der Waals surface area contributed by atoms with Crippen LogP contribution in [0.2, 0.25) is 0 Å². The van der Waals surface area contributed by atoms with E-state index in [4.69, 9.17) is 9.47 Å². The normalized spacial score (nSPS) is 12.5. The van der Waals surface area contributed by atoms with Gasteiger partial charge in [0.05, 0.1) is 17.0 Å². The summed E-state index contributed by atoms with van der Waals surface area (Å²) < 4.78 is 11.4. The van der Waals surface area contributed by atoms with E-state index in [2.05, 4.69) is 26.5 Å². The summed E-state index contributed by atoms with van der Waals surface area (Å²) in [4.78, 5) is 23.9. The van der Waals surface area contributed by atoms with E-state index in [0.717, 1.165) is 15.2 Å². The van der Waals surface area contributed by atoms with Gasteiger partial charge in [-0.05, 0) is 53.0 Å². The molecule has 27 heavy (non-hydrogen) atoms. The van der Waals surface area contributed by atoms with E-state index >= 15 is 0 Å². The van der Waals surface area contributed by atoms with Crippen LogP contribution < -0.4 is 10.2 Å². The number of nitrogens with zero attached hydrogens (tertiary/aromatic N) is 1. The zero-order valence-corrected chi connectivity index (χ0v) is 17.2. The van der Waals surface area contributed by atoms with Crippen molar-refractivity contribution in [1.82, 2.24) is 5.43 Å². The maximum absolute atomic E-state index is 12.0. The summed E-state index contributed by atoms with van der Waals surface area (Å²) >= 11 is 3.52. The molecule has 2 aromatic rings. The SMILES string of the molecule is CCOC(=O)C(CC)/C(C)=N\NC(=O)COc1ccc2ccccc2c1Br. The molecule has 0 radical (unpaired) electrons. The lowest BCUT2D eigenvalue weighted by Gasteiger charge is -2.13. The molecule has 2 aromatic carbocycles. The quantitative estimate of drug-likeness (QED) is 0.386. The topological polar surface area (TPSA) is 77.0 Å². The second kappa shape index (κ2) is 10.1. The van der Waals surface area contributed by atoms with Crippen molar-refractivity contribution in [2.24, 2.45) is 11.0 Å². The highest BCUT2D eigenvalue weighted by atomic mass is 79.9. The maximum Gasteiger partial charge on any atom is 0.314 e. The van der Waals surface area contributed by atoms with E-state index in [-0.39, 0.29) is 12.6 Å². The second-order valence-corrected chi connectivity index (χ2v) is 6.68. The van der Waals surface area contributed by atoms with Crippen LogP contribution in [0.3, 0.4) is 0 Å². The first-order valence-corrected chi connectivity index (χ1v) is 9.56. The van der Waals surface area contributed by atoms with E-state index in [1.54, 1.807) is 13.8 Å². The molecule has 0 heterocycles. The van der Waals surface area contributed by atoms with Crippen LogP contribution in [0.1, 0.15) is 27.2 Å². The number of ether oxygens (including phenoxy) is 2. The van der Waals surface area contributed by atoms with Crippen molar-refractivity contribution in [3.63, 3.8) is 0 Å². The minimum Gasteiger partial charge on any atom is -0.483 e. The van der Waals surface area contributed by atoms with Crippen molar-refractivity contribution >= 4 is 44.3 Å². The molecule has 1 amide bonds. The maximum atomic E-state index is 12.0. The number of benzene rings is 2. The van der Waals surface area contributed by atoms with Crippen LogP contribution in [-0.4, -0.2) is 30.8 Å². The minimum atomic E-state index is -0.471. The van der Waals surface area contributed by atoms with Gasteiger partial charge < -0.3 is 9.47 Å². The van der Waals surface area contributed by atoms with Gasteiger partial charge in [0.2, 0.25) is 0 Å². The number of halogens is 1. The van der Waals surface area contributed by atoms with E-state index in [0.29, 0.717) is 24.5 Å². The predicted octanol–water partition coefficient (Wildman–Crippen LogP) is 4.06. The van der Waals surface area contributed by atoms with Gasteiger partial charge in [0.25, 0.3) is 5.91 Å². The van der Waals surface area contributed by atoms with Crippen molar-refractivity contribution < 1.29 is 19.1 Å². The third-order valence-corrected chi connectivity index (χ3v) is 4.85. The Hall–Kier alpha value is -2.41. The molecule has 1 unspecified atom stereocenters. The highest BCUT2D eigenvalue weighted by Crippen LogP contribution is 2.32. The van der Waals surface area contributed by atoms with Crippen LogP contribution in [0.25, 0.3) is 10.8 Å². The molecule has 0 fully saturated rings. The fraction of sp³-hybridized carbons (Fsp3) is 0.350. The Bertz CT molecular complexity index is 851. The van der Waals surface area contributed by atoms with Crippen LogP contribution in [0, 0.1) is 5.92 Å². The highest BCUT2D eigenvalue weighted by molar-refractivity contribution is 9.10. The highest BCUT2D eigenvalue weighted by Gasteiger charge is 2.21. The number of carbonyl (C=O) groups excluding carboxylic acids is 2. The van der Waals surface area contributed by atoms with Crippen molar-refractivity contribution in [2.45, 2.75) is 27.2 Å². The Morgan fingerprint density at radius 1 is 1.19 bits per heavy atom. The van der Waals surface area contributed by atoms with E-state index in [1.165, 1.54) is 0 Å². The zero-order chi connectivity index (χ0) is 19.8. The summed E-state index contributed by atoms with van der Waals surface area (Å²) in [7, 11) is 0. The van der Waals surface area contributed by atoms with Crippen molar-refractivity contribution in [3.05, 3.63) is 40.9 Å². The third kappa shape index (κ3) is 5.53. The Kier molecular flexibility index (Phi) is 7.79. The molecule has 0 aliphatic carbocycles. The first-order valence-electron chi connectivity index (χ1n) is 8.77. The van der Waals surface area contributed by atoms with Crippen molar-refractivity contribution in [2.75, 3.05) is 13.2 Å². The molecule has 2 rings (SSSR count). The van der Waals surface area contributed by atoms with Crippen LogP contribution in [0.5, 0.6) is 5.75 Å². The van der Waals surface area contributed by atoms with E-state index in [1.807, 2.05) is 43.3 Å². The molecule has 1 atom stereocenters. The van der Waals surface area contributed by atoms with Gasteiger partial charge in [-0.3, -0.25) is 9.59 Å². The van der Waals surface area contributed by atoms with Gasteiger partial charge in [0.1, 0.15) is 5.75 Å². The summed E-state index contributed by atoms with van der Waals surface area (Å²) in [5, 5.41) is 6.09. The van der Waals surface area contributed by atoms with Crippen molar-refractivity contribution in [1.29, 1.82) is 0 Å². The van der Waals surface area contributed by atoms with Crippen LogP contribution in [-0.2, 0) is 14.3 Å². The molecule has 0 aromatic heterocycles. The largest absolute Gasteiger partial charge is 0.483 e. The molecule has 0 bridgehead atoms. The first-order chi connectivity index (χ1) is 13.0. The lowest BCUT2D eigenvalue weighted by atomic mass is 10.0. The lowest BCUT2D eigenvalue weighted by molar-refractivity contribution is -0.145. The molecule has 0 saturated heterocycles. The number of nitrogens with one attached hydrogen (secondary N) is 1. The Balaban J connectivity index is 1.96. The van der Waals surface area contributed by atoms with Gasteiger partial charge in [0, 0.05) is 5.71 Å². The number of hydrazone groups is 1. The van der Waals surface area contributed by atoms with Crippen LogP contribution in [0.4, 0.5) is 0 Å². The second-order valence-electron chi connectivity index (χ2n) is 5.89. The summed E-state index contributed by atoms with van der Waals surface area (Å²) in [5.74, 6) is -0.650. The van der Waals surface area contributed by atoms with Gasteiger partial charge in [-0.25, -0.2) is 5.43 Å². The first kappa shape index (κ1) is 20.9. The summed E-state index contributed by atoms with van der Waals surface area (Å²) in [6.45, 7) is 5.42. The lowest BCUT2D eigenvalue weighted by Crippen LogP contribution is -2.29. The molecule has 0 aliphatic rings. The molecular formula is C20H23BrN2O4. The number of esters is 1. The van der Waals surface area contributed by atoms with Crippen molar-refractivity contribution in [3.8, 4) is 5.75 Å². The fourth-order valence-electron chi connectivity index (χ4n) is 2.60. The minimum absolute atomic E-state index is 0.191. The van der Waals surface area contributed by atoms with Crippen LogP contribution in [0.15, 0.2) is 46.0 Å². The smallest absolute Gasteiger partial charge is 0.314 e. The molecule has 0 saturated carbocycles. The van der Waals surface area contributed by atoms with E-state index in [9.17, 15) is 9.59 Å². The monoisotopic (exact) mass is 434 g/mol. The van der Waals surface area contributed by atoms with Gasteiger partial charge in [0.15, 0.2) is 6.61 Å². The Morgan fingerprint density at radius 3 is 2.63 bits per heavy atom. The molecule has 144 valence electrons. The summed E-state index contributed by atoms with van der Waals surface area (Å²) in [6, 6.07) is 11.6. The fourth-order valence-corrected chi connectivity index (χ4v) is 3.21. The van der Waals surface area contributed by atoms with Gasteiger partial charge in [-0.2, -0.15) is 5.10 Å². The average molecular weight is 435 g/mol. The zero-order valence-electron chi connectivity index (χ0n) is 15.6. The number of hydrogen-bond acceptors (Lipinski definition) is 5. The molecule has 0 aliphatic heterocycles. The molecule has 1 N–H and O–H groups in total. The van der Waals surface area contributed by atoms with Gasteiger partial charge in [-0.1, -0.05) is 37.3 Å². The average Bonchev–Trinajstić information content (AvgIpc) is 2.67. The van der Waals surface area contributed by atoms with Crippen LogP contribution >= 0.6 is 15.9 Å². The predicted molar refractivity (Wildman–Crippen MR) is 109 cm³/mol. The standard InChI is InChI=1S/C20H23BrN2O4/c1-4-15(20(25)26-5-2)13(3)22-23-18(24)12-27-17-11-10-14-8-6-7-9-16(14)19(17)21/h6-11,15H,4-5,12H2,1-3H3,(H,23,24)/b22-13-. The molecular weight excluding hydrogens is 412 g/mol. The number of hydrogen-bond donors (Lipinski definition) is 1. The van der Waals surface area contributed by atoms with Gasteiger partial charge >= 0.3 is 5.97 Å². The summed E-state index contributed by atoms with van der Waals surface area (Å²) in [6.07, 6.45) is 0.546.